The molecule has 0 saturated heterocycles. The van der Waals surface area contributed by atoms with Crippen LogP contribution in [0.1, 0.15) is 18.5 Å². The molecule has 0 amide bonds. The normalized spacial score (nSPS) is 13.0. The minimum absolute atomic E-state index is 0.164. The summed E-state index contributed by atoms with van der Waals surface area (Å²) in [5.41, 5.74) is 6.80. The van der Waals surface area contributed by atoms with Crippen molar-refractivity contribution in [1.29, 1.82) is 0 Å². The summed E-state index contributed by atoms with van der Waals surface area (Å²) >= 11 is 3.40. The van der Waals surface area contributed by atoms with Crippen molar-refractivity contribution in [2.75, 3.05) is 6.26 Å². The van der Waals surface area contributed by atoms with E-state index in [1.165, 1.54) is 18.4 Å². The Morgan fingerprint density at radius 2 is 1.76 bits per heavy atom. The third-order valence-electron chi connectivity index (χ3n) is 2.95. The Labute approximate surface area is 133 Å². The fourth-order valence-corrected chi connectivity index (χ4v) is 2.83. The summed E-state index contributed by atoms with van der Waals surface area (Å²) in [6, 6.07) is 11.8. The molecule has 2 aromatic carbocycles. The zero-order chi connectivity index (χ0) is 15.6. The van der Waals surface area contributed by atoms with Crippen LogP contribution in [0, 0.1) is 0 Å². The Balaban J connectivity index is 2.32. The van der Waals surface area contributed by atoms with Gasteiger partial charge in [0.15, 0.2) is 9.84 Å². The molecular formula is C15H16BrNO3S. The van der Waals surface area contributed by atoms with Crippen LogP contribution in [-0.4, -0.2) is 14.7 Å². The minimum Gasteiger partial charge on any atom is -0.457 e. The Morgan fingerprint density at radius 3 is 2.29 bits per heavy atom. The monoisotopic (exact) mass is 369 g/mol. The summed E-state index contributed by atoms with van der Waals surface area (Å²) in [6.07, 6.45) is 1.17. The van der Waals surface area contributed by atoms with Crippen LogP contribution in [0.5, 0.6) is 11.5 Å². The molecule has 2 aromatic rings. The Kier molecular flexibility index (Phi) is 4.70. The van der Waals surface area contributed by atoms with E-state index in [2.05, 4.69) is 15.9 Å². The highest BCUT2D eigenvalue weighted by Gasteiger charge is 2.11. The van der Waals surface area contributed by atoms with E-state index in [4.69, 9.17) is 10.5 Å². The topological polar surface area (TPSA) is 69.4 Å². The van der Waals surface area contributed by atoms with Crippen LogP contribution in [0.2, 0.25) is 0 Å². The van der Waals surface area contributed by atoms with Gasteiger partial charge < -0.3 is 10.5 Å². The van der Waals surface area contributed by atoms with Gasteiger partial charge in [-0.2, -0.15) is 0 Å². The van der Waals surface area contributed by atoms with E-state index in [-0.39, 0.29) is 10.9 Å². The molecule has 0 aliphatic heterocycles. The van der Waals surface area contributed by atoms with E-state index in [0.717, 1.165) is 10.0 Å². The third-order valence-corrected chi connectivity index (χ3v) is 4.57. The molecule has 1 unspecified atom stereocenters. The van der Waals surface area contributed by atoms with Gasteiger partial charge in [0.25, 0.3) is 0 Å². The van der Waals surface area contributed by atoms with Crippen LogP contribution in [0.25, 0.3) is 0 Å². The molecule has 2 N–H and O–H groups in total. The largest absolute Gasteiger partial charge is 0.457 e. The van der Waals surface area contributed by atoms with Crippen LogP contribution < -0.4 is 10.5 Å². The molecule has 21 heavy (non-hydrogen) atoms. The van der Waals surface area contributed by atoms with Crippen molar-refractivity contribution in [3.8, 4) is 11.5 Å². The predicted octanol–water partition coefficient (Wildman–Crippen LogP) is 3.66. The first kappa shape index (κ1) is 16.0. The maximum atomic E-state index is 11.4. The summed E-state index contributed by atoms with van der Waals surface area (Å²) in [5, 5.41) is 0. The standard InChI is InChI=1S/C15H16BrNO3S/c1-10(17)14-8-3-11(16)9-15(14)20-12-4-6-13(7-5-12)21(2,18)19/h3-10H,17H2,1-2H3. The van der Waals surface area contributed by atoms with Crippen LogP contribution in [0.3, 0.4) is 0 Å². The minimum atomic E-state index is -3.20. The van der Waals surface area contributed by atoms with E-state index < -0.39 is 9.84 Å². The highest BCUT2D eigenvalue weighted by Crippen LogP contribution is 2.31. The molecule has 1 atom stereocenters. The molecule has 112 valence electrons. The van der Waals surface area contributed by atoms with E-state index in [0.29, 0.717) is 11.5 Å². The van der Waals surface area contributed by atoms with Crippen LogP contribution in [0.15, 0.2) is 51.8 Å². The molecule has 0 bridgehead atoms. The number of hydrogen-bond acceptors (Lipinski definition) is 4. The van der Waals surface area contributed by atoms with Gasteiger partial charge >= 0.3 is 0 Å². The second-order valence-corrected chi connectivity index (χ2v) is 7.75. The van der Waals surface area contributed by atoms with Gasteiger partial charge in [0.05, 0.1) is 4.90 Å². The Bertz CT molecular complexity index is 740. The number of nitrogens with two attached hydrogens (primary N) is 1. The third kappa shape index (κ3) is 4.06. The first-order chi connectivity index (χ1) is 9.77. The Hall–Kier alpha value is -1.37. The summed E-state index contributed by atoms with van der Waals surface area (Å²) < 4.78 is 29.6. The lowest BCUT2D eigenvalue weighted by Gasteiger charge is -2.14. The van der Waals surface area contributed by atoms with Gasteiger partial charge in [-0.15, -0.1) is 0 Å². The maximum Gasteiger partial charge on any atom is 0.175 e. The second-order valence-electron chi connectivity index (χ2n) is 4.82. The second kappa shape index (κ2) is 6.17. The molecule has 0 spiro atoms. The molecule has 0 saturated carbocycles. The summed E-state index contributed by atoms with van der Waals surface area (Å²) in [6.45, 7) is 1.88. The van der Waals surface area contributed by atoms with Gasteiger partial charge in [-0.25, -0.2) is 8.42 Å². The van der Waals surface area contributed by atoms with Crippen molar-refractivity contribution in [1.82, 2.24) is 0 Å². The lowest BCUT2D eigenvalue weighted by atomic mass is 10.1. The molecule has 0 heterocycles. The SMILES string of the molecule is CC(N)c1ccc(Br)cc1Oc1ccc(S(C)(=O)=O)cc1. The predicted molar refractivity (Wildman–Crippen MR) is 86.4 cm³/mol. The van der Waals surface area contributed by atoms with Crippen molar-refractivity contribution >= 4 is 25.8 Å². The first-order valence-corrected chi connectivity index (χ1v) is 8.99. The number of rotatable bonds is 4. The number of halogens is 1. The van der Waals surface area contributed by atoms with Crippen LogP contribution >= 0.6 is 15.9 Å². The van der Waals surface area contributed by atoms with Crippen LogP contribution in [0.4, 0.5) is 0 Å². The molecule has 0 aliphatic rings. The van der Waals surface area contributed by atoms with Crippen molar-refractivity contribution in [3.05, 3.63) is 52.5 Å². The van der Waals surface area contributed by atoms with Gasteiger partial charge in [0.2, 0.25) is 0 Å². The highest BCUT2D eigenvalue weighted by molar-refractivity contribution is 9.10. The number of ether oxygens (including phenoxy) is 1. The summed E-state index contributed by atoms with van der Waals surface area (Å²) in [4.78, 5) is 0.261. The molecule has 6 heteroatoms. The number of benzene rings is 2. The zero-order valence-electron chi connectivity index (χ0n) is 11.7. The fourth-order valence-electron chi connectivity index (χ4n) is 1.85. The maximum absolute atomic E-state index is 11.4. The van der Waals surface area contributed by atoms with E-state index in [9.17, 15) is 8.42 Å². The molecule has 0 aliphatic carbocycles. The number of hydrogen-bond donors (Lipinski definition) is 1. The van der Waals surface area contributed by atoms with Gasteiger partial charge in [-0.05, 0) is 43.3 Å². The molecule has 0 aromatic heterocycles. The molecule has 0 fully saturated rings. The first-order valence-electron chi connectivity index (χ1n) is 6.30. The van der Waals surface area contributed by atoms with Crippen molar-refractivity contribution < 1.29 is 13.2 Å². The van der Waals surface area contributed by atoms with Gasteiger partial charge in [-0.1, -0.05) is 22.0 Å². The van der Waals surface area contributed by atoms with Crippen molar-refractivity contribution in [2.24, 2.45) is 5.73 Å². The average molecular weight is 370 g/mol. The highest BCUT2D eigenvalue weighted by atomic mass is 79.9. The van der Waals surface area contributed by atoms with E-state index in [1.807, 2.05) is 25.1 Å². The van der Waals surface area contributed by atoms with Gasteiger partial charge in [0.1, 0.15) is 11.5 Å². The lowest BCUT2D eigenvalue weighted by Crippen LogP contribution is -2.06. The molecule has 2 rings (SSSR count). The fraction of sp³-hybridized carbons (Fsp3) is 0.200. The summed E-state index contributed by atoms with van der Waals surface area (Å²) in [5.74, 6) is 1.20. The smallest absolute Gasteiger partial charge is 0.175 e. The summed E-state index contributed by atoms with van der Waals surface area (Å²) in [7, 11) is -3.20. The van der Waals surface area contributed by atoms with Crippen LogP contribution in [-0.2, 0) is 9.84 Å². The number of sulfone groups is 1. The lowest BCUT2D eigenvalue weighted by molar-refractivity contribution is 0.471. The molecule has 4 nitrogen and oxygen atoms in total. The quantitative estimate of drug-likeness (QED) is 0.892. The van der Waals surface area contributed by atoms with Crippen molar-refractivity contribution in [3.63, 3.8) is 0 Å². The molecular weight excluding hydrogens is 354 g/mol. The zero-order valence-corrected chi connectivity index (χ0v) is 14.1. The average Bonchev–Trinajstić information content (AvgIpc) is 2.38. The molecule has 0 radical (unpaired) electrons. The van der Waals surface area contributed by atoms with E-state index >= 15 is 0 Å². The van der Waals surface area contributed by atoms with Gasteiger partial charge in [-0.3, -0.25) is 0 Å². The Morgan fingerprint density at radius 1 is 1.14 bits per heavy atom. The van der Waals surface area contributed by atoms with Gasteiger partial charge in [0, 0.05) is 22.3 Å². The van der Waals surface area contributed by atoms with Crippen molar-refractivity contribution in [2.45, 2.75) is 17.9 Å². The van der Waals surface area contributed by atoms with E-state index in [1.54, 1.807) is 12.1 Å².